The van der Waals surface area contributed by atoms with Crippen molar-refractivity contribution in [3.05, 3.63) is 11.1 Å². The number of hydroxylamine groups is 1. The summed E-state index contributed by atoms with van der Waals surface area (Å²) in [5.74, 6) is -1.13. The second-order valence-electron chi connectivity index (χ2n) is 5.40. The molecule has 5 nitrogen and oxygen atoms in total. The largest absolute Gasteiger partial charge is 0.366 e. The van der Waals surface area contributed by atoms with Gasteiger partial charge < -0.3 is 5.73 Å². The number of carbonyl (C=O) groups excluding carboxylic acids is 2. The van der Waals surface area contributed by atoms with Crippen LogP contribution in [0.1, 0.15) is 27.2 Å². The van der Waals surface area contributed by atoms with E-state index in [0.29, 0.717) is 11.1 Å². The molecule has 3 aliphatic rings. The first-order valence-electron chi connectivity index (χ1n) is 5.26. The Morgan fingerprint density at radius 2 is 2.00 bits per heavy atom. The number of nitrogens with two attached hydrogens (primary N) is 1. The molecule has 3 rings (SSSR count). The number of amides is 2. The van der Waals surface area contributed by atoms with E-state index in [1.165, 1.54) is 0 Å². The molecular formula is C11H16N2O3. The summed E-state index contributed by atoms with van der Waals surface area (Å²) < 4.78 is 0. The van der Waals surface area contributed by atoms with Gasteiger partial charge in [0, 0.05) is 16.6 Å². The van der Waals surface area contributed by atoms with Gasteiger partial charge in [0.15, 0.2) is 0 Å². The van der Waals surface area contributed by atoms with Crippen molar-refractivity contribution in [3.63, 3.8) is 0 Å². The molecule has 2 atom stereocenters. The molecule has 0 spiro atoms. The Labute approximate surface area is 93.6 Å². The fourth-order valence-corrected chi connectivity index (χ4v) is 3.26. The van der Waals surface area contributed by atoms with E-state index in [-0.39, 0.29) is 16.7 Å². The summed E-state index contributed by atoms with van der Waals surface area (Å²) in [4.78, 5) is 23.0. The minimum absolute atomic E-state index is 0.0299. The van der Waals surface area contributed by atoms with Crippen molar-refractivity contribution < 1.29 is 14.8 Å². The molecule has 2 amide bonds. The third-order valence-corrected chi connectivity index (χ3v) is 4.67. The minimum Gasteiger partial charge on any atom is -0.366 e. The van der Waals surface area contributed by atoms with Crippen LogP contribution in [0.5, 0.6) is 0 Å². The molecule has 0 aromatic carbocycles. The first-order chi connectivity index (χ1) is 7.27. The maximum atomic E-state index is 11.6. The molecule has 2 unspecified atom stereocenters. The Morgan fingerprint density at radius 1 is 1.44 bits per heavy atom. The minimum atomic E-state index is -0.607. The van der Waals surface area contributed by atoms with Gasteiger partial charge in [-0.15, -0.1) is 0 Å². The van der Waals surface area contributed by atoms with Gasteiger partial charge in [0.1, 0.15) is 0 Å². The lowest BCUT2D eigenvalue weighted by Gasteiger charge is -2.54. The Morgan fingerprint density at radius 3 is 2.38 bits per heavy atom. The number of nitrogens with one attached hydrogen (secondary N) is 1. The fraction of sp³-hybridized carbons (Fsp3) is 0.636. The van der Waals surface area contributed by atoms with Crippen molar-refractivity contribution in [2.75, 3.05) is 0 Å². The zero-order valence-corrected chi connectivity index (χ0v) is 9.63. The van der Waals surface area contributed by atoms with E-state index < -0.39 is 11.8 Å². The summed E-state index contributed by atoms with van der Waals surface area (Å²) in [7, 11) is 0. The number of hydrogen-bond acceptors (Lipinski definition) is 3. The third kappa shape index (κ3) is 0.942. The van der Waals surface area contributed by atoms with Crippen molar-refractivity contribution >= 4 is 11.8 Å². The van der Waals surface area contributed by atoms with E-state index in [1.54, 1.807) is 5.48 Å². The summed E-state index contributed by atoms with van der Waals surface area (Å²) in [6.07, 6.45) is 0.751. The molecule has 16 heavy (non-hydrogen) atoms. The van der Waals surface area contributed by atoms with E-state index >= 15 is 0 Å². The molecule has 0 heterocycles. The molecule has 0 saturated heterocycles. The predicted molar refractivity (Wildman–Crippen MR) is 56.1 cm³/mol. The molecule has 0 aromatic rings. The van der Waals surface area contributed by atoms with Crippen LogP contribution in [0.15, 0.2) is 11.1 Å². The Bertz CT molecular complexity index is 425. The predicted octanol–water partition coefficient (Wildman–Crippen LogP) is 0.340. The molecule has 5 heteroatoms. The Balaban J connectivity index is 2.56. The molecule has 1 fully saturated rings. The van der Waals surface area contributed by atoms with Crippen LogP contribution in [-0.4, -0.2) is 17.0 Å². The molecule has 0 radical (unpaired) electrons. The highest BCUT2D eigenvalue weighted by Gasteiger charge is 2.68. The van der Waals surface area contributed by atoms with E-state index in [1.807, 2.05) is 20.8 Å². The summed E-state index contributed by atoms with van der Waals surface area (Å²) in [6, 6.07) is 0. The van der Waals surface area contributed by atoms with Crippen LogP contribution in [0.3, 0.4) is 0 Å². The quantitative estimate of drug-likeness (QED) is 0.466. The van der Waals surface area contributed by atoms with Crippen LogP contribution >= 0.6 is 0 Å². The van der Waals surface area contributed by atoms with E-state index in [2.05, 4.69) is 0 Å². The topological polar surface area (TPSA) is 92.4 Å². The lowest BCUT2D eigenvalue weighted by atomic mass is 9.49. The van der Waals surface area contributed by atoms with Gasteiger partial charge >= 0.3 is 0 Å². The summed E-state index contributed by atoms with van der Waals surface area (Å²) in [6.45, 7) is 5.97. The molecule has 4 N–H and O–H groups in total. The highest BCUT2D eigenvalue weighted by Crippen LogP contribution is 2.72. The van der Waals surface area contributed by atoms with Gasteiger partial charge in [-0.2, -0.15) is 0 Å². The van der Waals surface area contributed by atoms with Crippen LogP contribution in [-0.2, 0) is 9.59 Å². The lowest BCUT2D eigenvalue weighted by molar-refractivity contribution is -0.128. The maximum absolute atomic E-state index is 11.6. The van der Waals surface area contributed by atoms with Crippen LogP contribution < -0.4 is 11.2 Å². The van der Waals surface area contributed by atoms with Crippen molar-refractivity contribution in [2.45, 2.75) is 27.2 Å². The normalized spacial score (nSPS) is 34.6. The number of hydrogen-bond donors (Lipinski definition) is 3. The van der Waals surface area contributed by atoms with E-state index in [4.69, 9.17) is 10.9 Å². The molecule has 3 aliphatic carbocycles. The van der Waals surface area contributed by atoms with Gasteiger partial charge in [-0.1, -0.05) is 20.8 Å². The fourth-order valence-electron chi connectivity index (χ4n) is 3.26. The van der Waals surface area contributed by atoms with Crippen LogP contribution in [0.4, 0.5) is 0 Å². The first-order valence-corrected chi connectivity index (χ1v) is 5.26. The van der Waals surface area contributed by atoms with Gasteiger partial charge in [-0.25, -0.2) is 5.48 Å². The van der Waals surface area contributed by atoms with Gasteiger partial charge in [0.2, 0.25) is 5.91 Å². The smallest absolute Gasteiger partial charge is 0.271 e. The summed E-state index contributed by atoms with van der Waals surface area (Å²) in [5, 5.41) is 8.73. The van der Waals surface area contributed by atoms with Crippen molar-refractivity contribution in [1.82, 2.24) is 5.48 Å². The van der Waals surface area contributed by atoms with Gasteiger partial charge in [-0.3, -0.25) is 14.8 Å². The highest BCUT2D eigenvalue weighted by atomic mass is 16.5. The molecule has 0 aliphatic heterocycles. The van der Waals surface area contributed by atoms with Gasteiger partial charge in [0.25, 0.3) is 5.91 Å². The second kappa shape index (κ2) is 2.85. The Kier molecular flexibility index (Phi) is 1.99. The van der Waals surface area contributed by atoms with E-state index in [9.17, 15) is 9.59 Å². The van der Waals surface area contributed by atoms with E-state index in [0.717, 1.165) is 6.42 Å². The van der Waals surface area contributed by atoms with Crippen LogP contribution in [0.2, 0.25) is 0 Å². The molecule has 1 saturated carbocycles. The molecule has 88 valence electrons. The summed E-state index contributed by atoms with van der Waals surface area (Å²) in [5.41, 5.74) is 7.15. The third-order valence-electron chi connectivity index (χ3n) is 4.67. The van der Waals surface area contributed by atoms with Crippen LogP contribution in [0, 0.1) is 16.7 Å². The van der Waals surface area contributed by atoms with Crippen molar-refractivity contribution in [2.24, 2.45) is 22.5 Å². The average molecular weight is 224 g/mol. The monoisotopic (exact) mass is 224 g/mol. The van der Waals surface area contributed by atoms with Crippen molar-refractivity contribution in [1.29, 1.82) is 0 Å². The van der Waals surface area contributed by atoms with Crippen LogP contribution in [0.25, 0.3) is 0 Å². The molecular weight excluding hydrogens is 208 g/mol. The number of primary amides is 1. The standard InChI is InChI=1S/C11H16N2O3/c1-10(2)5-4-11(10,3)7(9(15)13-16)6(5)8(12)14/h5,16H,4H2,1-3H3,(H2,12,14)(H,13,15). The average Bonchev–Trinajstić information content (AvgIpc) is 2.62. The summed E-state index contributed by atoms with van der Waals surface area (Å²) >= 11 is 0. The zero-order valence-electron chi connectivity index (χ0n) is 9.63. The zero-order chi connectivity index (χ0) is 12.3. The van der Waals surface area contributed by atoms with Crippen molar-refractivity contribution in [3.8, 4) is 0 Å². The Hall–Kier alpha value is -1.36. The SMILES string of the molecule is CC12CC(C(C(N)=O)=C1C(=O)NO)C2(C)C. The van der Waals surface area contributed by atoms with Gasteiger partial charge in [-0.05, 0) is 17.8 Å². The highest BCUT2D eigenvalue weighted by molar-refractivity contribution is 6.07. The second-order valence-corrected chi connectivity index (χ2v) is 5.40. The molecule has 2 bridgehead atoms. The number of carbonyl (C=O) groups is 2. The van der Waals surface area contributed by atoms with Gasteiger partial charge in [0.05, 0.1) is 0 Å². The first kappa shape index (κ1) is 11.1. The maximum Gasteiger partial charge on any atom is 0.271 e. The lowest BCUT2D eigenvalue weighted by Crippen LogP contribution is -2.50. The number of rotatable bonds is 2. The molecule has 0 aromatic heterocycles.